The zero-order valence-electron chi connectivity index (χ0n) is 14.2. The van der Waals surface area contributed by atoms with Crippen LogP contribution in [0, 0.1) is 5.82 Å². The first-order valence-electron chi connectivity index (χ1n) is 8.48. The van der Waals surface area contributed by atoms with E-state index >= 15 is 0 Å². The number of carbonyl (C=O) groups excluding carboxylic acids is 1. The lowest BCUT2D eigenvalue weighted by Crippen LogP contribution is -3.19. The number of nitrogens with one attached hydrogen (secondary N) is 2. The topological polar surface area (TPSA) is 57.0 Å². The van der Waals surface area contributed by atoms with Crippen LogP contribution in [-0.2, 0) is 4.79 Å². The van der Waals surface area contributed by atoms with Gasteiger partial charge in [0.1, 0.15) is 11.6 Å². The van der Waals surface area contributed by atoms with Crippen LogP contribution in [0.5, 0.6) is 5.75 Å². The molecule has 6 heteroatoms. The number of benzene rings is 2. The lowest BCUT2D eigenvalue weighted by atomic mass is 10.2. The molecule has 1 fully saturated rings. The molecule has 0 radical (unpaired) electrons. The van der Waals surface area contributed by atoms with Gasteiger partial charge in [-0.25, -0.2) is 4.39 Å². The molecule has 0 aliphatic carbocycles. The number of halogens is 1. The standard InChI is InChI=1S/C19H22FN3O2/c1-14(19(25)21-16-8-6-15(20)7-9-16)22-10-12-23(13-11-22)17-4-2-3-5-18(17)24/h2-9,14,24H,10-13H2,1H3,(H,21,25)/p+1/t14-/m1/s1. The van der Waals surface area contributed by atoms with Gasteiger partial charge in [-0.3, -0.25) is 4.79 Å². The number of para-hydroxylation sites is 2. The van der Waals surface area contributed by atoms with E-state index in [-0.39, 0.29) is 23.5 Å². The number of aromatic hydroxyl groups is 1. The highest BCUT2D eigenvalue weighted by atomic mass is 19.1. The first kappa shape index (κ1) is 17.2. The molecule has 0 aromatic heterocycles. The molecular formula is C19H23FN3O2+. The molecule has 1 heterocycles. The van der Waals surface area contributed by atoms with E-state index in [4.69, 9.17) is 0 Å². The molecule has 1 aliphatic heterocycles. The first-order valence-corrected chi connectivity index (χ1v) is 8.48. The molecular weight excluding hydrogens is 321 g/mol. The van der Waals surface area contributed by atoms with Gasteiger partial charge >= 0.3 is 0 Å². The zero-order valence-corrected chi connectivity index (χ0v) is 14.2. The van der Waals surface area contributed by atoms with Crippen LogP contribution < -0.4 is 15.1 Å². The Balaban J connectivity index is 1.56. The fourth-order valence-electron chi connectivity index (χ4n) is 3.17. The predicted octanol–water partition coefficient (Wildman–Crippen LogP) is 1.26. The largest absolute Gasteiger partial charge is 0.506 e. The van der Waals surface area contributed by atoms with Crippen LogP contribution in [-0.4, -0.2) is 43.2 Å². The molecule has 3 rings (SSSR count). The van der Waals surface area contributed by atoms with E-state index in [1.807, 2.05) is 25.1 Å². The maximum atomic E-state index is 12.9. The highest BCUT2D eigenvalue weighted by Crippen LogP contribution is 2.26. The minimum atomic E-state index is -0.322. The summed E-state index contributed by atoms with van der Waals surface area (Å²) in [6.07, 6.45) is 0. The molecule has 132 valence electrons. The highest BCUT2D eigenvalue weighted by Gasteiger charge is 2.29. The second-order valence-electron chi connectivity index (χ2n) is 6.35. The number of rotatable bonds is 4. The van der Waals surface area contributed by atoms with Crippen molar-refractivity contribution < 1.29 is 19.2 Å². The normalized spacial score (nSPS) is 16.5. The molecule has 0 saturated carbocycles. The van der Waals surface area contributed by atoms with Crippen molar-refractivity contribution in [1.29, 1.82) is 0 Å². The maximum Gasteiger partial charge on any atom is 0.282 e. The molecule has 1 aliphatic rings. The van der Waals surface area contributed by atoms with Gasteiger partial charge in [0.05, 0.1) is 31.9 Å². The Morgan fingerprint density at radius 1 is 1.16 bits per heavy atom. The SMILES string of the molecule is C[C@H](C(=O)Nc1ccc(F)cc1)[NH+]1CCN(c2ccccc2O)CC1. The summed E-state index contributed by atoms with van der Waals surface area (Å²) in [6, 6.07) is 12.9. The minimum absolute atomic E-state index is 0.0717. The van der Waals surface area contributed by atoms with Crippen LogP contribution in [0.3, 0.4) is 0 Å². The number of anilines is 2. The quantitative estimate of drug-likeness (QED) is 0.783. The van der Waals surface area contributed by atoms with Crippen molar-refractivity contribution in [3.05, 3.63) is 54.3 Å². The smallest absolute Gasteiger partial charge is 0.282 e. The number of amides is 1. The third-order valence-corrected chi connectivity index (χ3v) is 4.75. The molecule has 1 amide bonds. The number of quaternary nitrogens is 1. The van der Waals surface area contributed by atoms with Gasteiger partial charge in [0, 0.05) is 5.69 Å². The van der Waals surface area contributed by atoms with Crippen LogP contribution in [0.4, 0.5) is 15.8 Å². The van der Waals surface area contributed by atoms with Gasteiger partial charge in [-0.15, -0.1) is 0 Å². The van der Waals surface area contributed by atoms with E-state index in [1.54, 1.807) is 18.2 Å². The summed E-state index contributed by atoms with van der Waals surface area (Å²) < 4.78 is 12.9. The van der Waals surface area contributed by atoms with Gasteiger partial charge in [-0.2, -0.15) is 0 Å². The van der Waals surface area contributed by atoms with Crippen molar-refractivity contribution in [3.8, 4) is 5.75 Å². The van der Waals surface area contributed by atoms with Crippen molar-refractivity contribution in [2.75, 3.05) is 36.4 Å². The van der Waals surface area contributed by atoms with Crippen molar-refractivity contribution >= 4 is 17.3 Å². The van der Waals surface area contributed by atoms with Crippen LogP contribution >= 0.6 is 0 Å². The summed E-state index contributed by atoms with van der Waals surface area (Å²) in [5.74, 6) is -0.109. The van der Waals surface area contributed by atoms with E-state index in [0.717, 1.165) is 31.9 Å². The molecule has 0 spiro atoms. The number of piperazine rings is 1. The fraction of sp³-hybridized carbons (Fsp3) is 0.316. The molecule has 5 nitrogen and oxygen atoms in total. The van der Waals surface area contributed by atoms with E-state index in [9.17, 15) is 14.3 Å². The van der Waals surface area contributed by atoms with Gasteiger partial charge in [-0.1, -0.05) is 12.1 Å². The molecule has 1 saturated heterocycles. The Labute approximate surface area is 146 Å². The Bertz CT molecular complexity index is 728. The fourth-order valence-corrected chi connectivity index (χ4v) is 3.17. The molecule has 0 bridgehead atoms. The summed E-state index contributed by atoms with van der Waals surface area (Å²) >= 11 is 0. The minimum Gasteiger partial charge on any atom is -0.506 e. The van der Waals surface area contributed by atoms with Crippen molar-refractivity contribution in [3.63, 3.8) is 0 Å². The average Bonchev–Trinajstić information content (AvgIpc) is 2.63. The van der Waals surface area contributed by atoms with E-state index in [0.29, 0.717) is 5.69 Å². The molecule has 2 aromatic rings. The van der Waals surface area contributed by atoms with E-state index in [1.165, 1.54) is 17.0 Å². The second kappa shape index (κ2) is 7.53. The zero-order chi connectivity index (χ0) is 17.8. The molecule has 1 atom stereocenters. The van der Waals surface area contributed by atoms with Gasteiger partial charge in [-0.05, 0) is 43.3 Å². The number of carbonyl (C=O) groups is 1. The molecule has 25 heavy (non-hydrogen) atoms. The highest BCUT2D eigenvalue weighted by molar-refractivity contribution is 5.93. The van der Waals surface area contributed by atoms with Gasteiger partial charge in [0.25, 0.3) is 5.91 Å². The number of nitrogens with zero attached hydrogens (tertiary/aromatic N) is 1. The van der Waals surface area contributed by atoms with Crippen LogP contribution in [0.25, 0.3) is 0 Å². The Hall–Kier alpha value is -2.60. The molecule has 2 aromatic carbocycles. The molecule has 0 unspecified atom stereocenters. The lowest BCUT2D eigenvalue weighted by molar-refractivity contribution is -0.914. The maximum absolute atomic E-state index is 12.9. The summed E-state index contributed by atoms with van der Waals surface area (Å²) in [5.41, 5.74) is 1.44. The van der Waals surface area contributed by atoms with E-state index < -0.39 is 0 Å². The van der Waals surface area contributed by atoms with Gasteiger partial charge in [0.15, 0.2) is 6.04 Å². The summed E-state index contributed by atoms with van der Waals surface area (Å²) in [7, 11) is 0. The predicted molar refractivity (Wildman–Crippen MR) is 95.5 cm³/mol. The third kappa shape index (κ3) is 4.09. The lowest BCUT2D eigenvalue weighted by Gasteiger charge is -2.36. The number of hydrogen-bond acceptors (Lipinski definition) is 3. The van der Waals surface area contributed by atoms with Crippen LogP contribution in [0.1, 0.15) is 6.92 Å². The van der Waals surface area contributed by atoms with Crippen molar-refractivity contribution in [2.45, 2.75) is 13.0 Å². The number of phenols is 1. The first-order chi connectivity index (χ1) is 12.0. The summed E-state index contributed by atoms with van der Waals surface area (Å²) in [6.45, 7) is 5.09. The van der Waals surface area contributed by atoms with E-state index in [2.05, 4.69) is 10.2 Å². The Morgan fingerprint density at radius 2 is 1.80 bits per heavy atom. The summed E-state index contributed by atoms with van der Waals surface area (Å²) in [4.78, 5) is 15.8. The third-order valence-electron chi connectivity index (χ3n) is 4.75. The Morgan fingerprint density at radius 3 is 2.44 bits per heavy atom. The Kier molecular flexibility index (Phi) is 5.19. The second-order valence-corrected chi connectivity index (χ2v) is 6.35. The monoisotopic (exact) mass is 344 g/mol. The average molecular weight is 344 g/mol. The van der Waals surface area contributed by atoms with Crippen LogP contribution in [0.15, 0.2) is 48.5 Å². The summed E-state index contributed by atoms with van der Waals surface area (Å²) in [5, 5.41) is 12.8. The molecule has 3 N–H and O–H groups in total. The van der Waals surface area contributed by atoms with Gasteiger partial charge in [0.2, 0.25) is 0 Å². The number of phenolic OH excluding ortho intramolecular Hbond substituents is 1. The van der Waals surface area contributed by atoms with Gasteiger partial charge < -0.3 is 20.2 Å². The number of hydrogen-bond donors (Lipinski definition) is 3. The van der Waals surface area contributed by atoms with Crippen molar-refractivity contribution in [2.24, 2.45) is 0 Å². The van der Waals surface area contributed by atoms with Crippen molar-refractivity contribution in [1.82, 2.24) is 0 Å². The van der Waals surface area contributed by atoms with Crippen LogP contribution in [0.2, 0.25) is 0 Å².